The van der Waals surface area contributed by atoms with Gasteiger partial charge in [0.15, 0.2) is 0 Å². The Hall–Kier alpha value is -2.16. The molecule has 0 atom stereocenters. The number of anilines is 1. The van der Waals surface area contributed by atoms with E-state index in [4.69, 9.17) is 5.26 Å². The Bertz CT molecular complexity index is 522. The van der Waals surface area contributed by atoms with E-state index in [2.05, 4.69) is 9.97 Å². The van der Waals surface area contributed by atoms with Crippen LogP contribution in [0.3, 0.4) is 0 Å². The maximum Gasteiger partial charge on any atom is 0.226 e. The summed E-state index contributed by atoms with van der Waals surface area (Å²) >= 11 is 0. The predicted molar refractivity (Wildman–Crippen MR) is 70.6 cm³/mol. The molecule has 19 heavy (non-hydrogen) atoms. The zero-order valence-corrected chi connectivity index (χ0v) is 11.3. The van der Waals surface area contributed by atoms with E-state index in [1.165, 1.54) is 0 Å². The van der Waals surface area contributed by atoms with Crippen molar-refractivity contribution in [3.8, 4) is 6.07 Å². The van der Waals surface area contributed by atoms with Gasteiger partial charge in [-0.05, 0) is 19.4 Å². The molecule has 6 nitrogen and oxygen atoms in total. The van der Waals surface area contributed by atoms with E-state index in [9.17, 15) is 4.79 Å². The molecule has 1 aromatic rings. The van der Waals surface area contributed by atoms with Gasteiger partial charge in [0.05, 0.1) is 0 Å². The molecule has 0 saturated carbocycles. The third kappa shape index (κ3) is 3.19. The molecule has 0 radical (unpaired) electrons. The fourth-order valence-corrected chi connectivity index (χ4v) is 2.18. The van der Waals surface area contributed by atoms with Crippen LogP contribution in [-0.2, 0) is 4.79 Å². The van der Waals surface area contributed by atoms with Crippen LogP contribution in [0.5, 0.6) is 0 Å². The zero-order valence-electron chi connectivity index (χ0n) is 11.3. The molecular formula is C13H17N5O. The van der Waals surface area contributed by atoms with Gasteiger partial charge in [-0.1, -0.05) is 0 Å². The third-order valence-electron chi connectivity index (χ3n) is 3.18. The largest absolute Gasteiger partial charge is 0.341 e. The molecule has 1 amide bonds. The number of hydrogen-bond acceptors (Lipinski definition) is 5. The minimum atomic E-state index is 0.102. The number of aryl methyl sites for hydroxylation is 1. The van der Waals surface area contributed by atoms with E-state index in [1.807, 2.05) is 22.8 Å². The van der Waals surface area contributed by atoms with Gasteiger partial charge in [-0.3, -0.25) is 4.79 Å². The second-order valence-corrected chi connectivity index (χ2v) is 4.65. The lowest BCUT2D eigenvalue weighted by molar-refractivity contribution is -0.128. The molecular weight excluding hydrogens is 242 g/mol. The first kappa shape index (κ1) is 13.3. The quantitative estimate of drug-likeness (QED) is 0.743. The lowest BCUT2D eigenvalue weighted by Crippen LogP contribution is -2.34. The number of aromatic nitrogens is 2. The molecule has 0 unspecified atom stereocenters. The summed E-state index contributed by atoms with van der Waals surface area (Å²) in [6, 6.07) is 3.72. The molecule has 1 saturated heterocycles. The van der Waals surface area contributed by atoms with E-state index in [1.54, 1.807) is 13.0 Å². The molecule has 6 heteroatoms. The van der Waals surface area contributed by atoms with E-state index in [-0.39, 0.29) is 5.91 Å². The zero-order chi connectivity index (χ0) is 13.8. The van der Waals surface area contributed by atoms with Crippen LogP contribution >= 0.6 is 0 Å². The minimum Gasteiger partial charge on any atom is -0.341 e. The van der Waals surface area contributed by atoms with Gasteiger partial charge in [-0.15, -0.1) is 0 Å². The van der Waals surface area contributed by atoms with Crippen LogP contribution in [0.1, 0.15) is 24.7 Å². The van der Waals surface area contributed by atoms with E-state index >= 15 is 0 Å². The average molecular weight is 259 g/mol. The van der Waals surface area contributed by atoms with Crippen LogP contribution in [-0.4, -0.2) is 47.0 Å². The van der Waals surface area contributed by atoms with E-state index < -0.39 is 0 Å². The highest BCUT2D eigenvalue weighted by Crippen LogP contribution is 2.13. The van der Waals surface area contributed by atoms with Crippen molar-refractivity contribution in [2.24, 2.45) is 0 Å². The monoisotopic (exact) mass is 259 g/mol. The van der Waals surface area contributed by atoms with E-state index in [0.717, 1.165) is 25.2 Å². The first-order chi connectivity index (χ1) is 9.10. The molecule has 0 spiro atoms. The minimum absolute atomic E-state index is 0.102. The van der Waals surface area contributed by atoms with Crippen LogP contribution in [0.4, 0.5) is 5.95 Å². The van der Waals surface area contributed by atoms with Crippen molar-refractivity contribution in [1.82, 2.24) is 14.9 Å². The Morgan fingerprint density at radius 2 is 2.11 bits per heavy atom. The maximum absolute atomic E-state index is 11.4. The van der Waals surface area contributed by atoms with Crippen molar-refractivity contribution in [2.75, 3.05) is 31.1 Å². The Morgan fingerprint density at radius 3 is 2.79 bits per heavy atom. The van der Waals surface area contributed by atoms with Crippen LogP contribution in [0.2, 0.25) is 0 Å². The van der Waals surface area contributed by atoms with Gasteiger partial charge in [-0.2, -0.15) is 5.26 Å². The molecule has 1 aliphatic rings. The van der Waals surface area contributed by atoms with E-state index in [0.29, 0.717) is 24.7 Å². The summed E-state index contributed by atoms with van der Waals surface area (Å²) in [6.45, 7) is 6.39. The smallest absolute Gasteiger partial charge is 0.226 e. The van der Waals surface area contributed by atoms with Gasteiger partial charge in [0.1, 0.15) is 11.8 Å². The van der Waals surface area contributed by atoms with Crippen molar-refractivity contribution in [3.05, 3.63) is 17.5 Å². The first-order valence-electron chi connectivity index (χ1n) is 6.36. The number of rotatable bonds is 1. The van der Waals surface area contributed by atoms with Crippen LogP contribution in [0.25, 0.3) is 0 Å². The molecule has 2 heterocycles. The first-order valence-corrected chi connectivity index (χ1v) is 6.36. The van der Waals surface area contributed by atoms with Gasteiger partial charge in [0, 0.05) is 38.8 Å². The van der Waals surface area contributed by atoms with Crippen LogP contribution in [0, 0.1) is 18.3 Å². The topological polar surface area (TPSA) is 73.1 Å². The summed E-state index contributed by atoms with van der Waals surface area (Å²) in [4.78, 5) is 23.9. The molecule has 100 valence electrons. The van der Waals surface area contributed by atoms with Crippen molar-refractivity contribution >= 4 is 11.9 Å². The molecule has 2 rings (SSSR count). The highest BCUT2D eigenvalue weighted by atomic mass is 16.2. The molecule has 1 aliphatic heterocycles. The maximum atomic E-state index is 11.4. The molecule has 0 N–H and O–H groups in total. The lowest BCUT2D eigenvalue weighted by atomic mass is 10.3. The van der Waals surface area contributed by atoms with Crippen LogP contribution < -0.4 is 4.90 Å². The van der Waals surface area contributed by atoms with Gasteiger partial charge >= 0.3 is 0 Å². The molecule has 1 aromatic heterocycles. The van der Waals surface area contributed by atoms with Crippen molar-refractivity contribution < 1.29 is 4.79 Å². The van der Waals surface area contributed by atoms with Crippen molar-refractivity contribution in [1.29, 1.82) is 5.26 Å². The lowest BCUT2D eigenvalue weighted by Gasteiger charge is -2.21. The summed E-state index contributed by atoms with van der Waals surface area (Å²) in [6.07, 6.45) is 0.888. The Balaban J connectivity index is 2.16. The summed E-state index contributed by atoms with van der Waals surface area (Å²) in [7, 11) is 0. The molecule has 0 aromatic carbocycles. The summed E-state index contributed by atoms with van der Waals surface area (Å²) in [5.74, 6) is 0.687. The van der Waals surface area contributed by atoms with Crippen molar-refractivity contribution in [3.63, 3.8) is 0 Å². The number of carbonyl (C=O) groups excluding carboxylic acids is 1. The summed E-state index contributed by atoms with van der Waals surface area (Å²) in [5, 5.41) is 8.94. The second kappa shape index (κ2) is 5.65. The number of nitriles is 1. The van der Waals surface area contributed by atoms with Crippen molar-refractivity contribution in [2.45, 2.75) is 20.3 Å². The fraction of sp³-hybridized carbons (Fsp3) is 0.538. The SMILES string of the molecule is CC(=O)N1CCCN(c2nc(C)cc(C#N)n2)CC1. The van der Waals surface area contributed by atoms with Gasteiger partial charge in [0.25, 0.3) is 0 Å². The number of carbonyl (C=O) groups is 1. The van der Waals surface area contributed by atoms with Gasteiger partial charge in [-0.25, -0.2) is 9.97 Å². The van der Waals surface area contributed by atoms with Gasteiger partial charge in [0.2, 0.25) is 11.9 Å². The Morgan fingerprint density at radius 1 is 1.32 bits per heavy atom. The fourth-order valence-electron chi connectivity index (χ4n) is 2.18. The third-order valence-corrected chi connectivity index (χ3v) is 3.18. The second-order valence-electron chi connectivity index (χ2n) is 4.65. The highest BCUT2D eigenvalue weighted by molar-refractivity contribution is 5.73. The summed E-state index contributed by atoms with van der Waals surface area (Å²) in [5.41, 5.74) is 1.17. The number of amides is 1. The predicted octanol–water partition coefficient (Wildman–Crippen LogP) is 0.715. The Labute approximate surface area is 112 Å². The number of nitrogens with zero attached hydrogens (tertiary/aromatic N) is 5. The van der Waals surface area contributed by atoms with Gasteiger partial charge < -0.3 is 9.80 Å². The standard InChI is InChI=1S/C13H17N5O/c1-10-8-12(9-14)16-13(15-10)18-5-3-4-17(6-7-18)11(2)19/h8H,3-7H2,1-2H3. The molecule has 1 fully saturated rings. The highest BCUT2D eigenvalue weighted by Gasteiger charge is 2.18. The summed E-state index contributed by atoms with van der Waals surface area (Å²) < 4.78 is 0. The normalized spacial score (nSPS) is 15.8. The molecule has 0 aliphatic carbocycles. The van der Waals surface area contributed by atoms with Crippen LogP contribution in [0.15, 0.2) is 6.07 Å². The number of hydrogen-bond donors (Lipinski definition) is 0. The average Bonchev–Trinajstić information content (AvgIpc) is 2.63. The molecule has 0 bridgehead atoms. The Kier molecular flexibility index (Phi) is 3.95.